The first-order valence-electron chi connectivity index (χ1n) is 15.9. The van der Waals surface area contributed by atoms with Gasteiger partial charge in [-0.15, -0.1) is 0 Å². The average Bonchev–Trinajstić information content (AvgIpc) is 3.13. The summed E-state index contributed by atoms with van der Waals surface area (Å²) in [5.74, 6) is 0.468. The Balaban J connectivity index is 1.09. The van der Waals surface area contributed by atoms with Gasteiger partial charge in [-0.2, -0.15) is 0 Å². The number of amides is 3. The van der Waals surface area contributed by atoms with Crippen LogP contribution >= 0.6 is 0 Å². The highest BCUT2D eigenvalue weighted by Crippen LogP contribution is 2.32. The summed E-state index contributed by atoms with van der Waals surface area (Å²) in [7, 11) is 2.04. The molecule has 7 rings (SSSR count). The average molecular weight is 647 g/mol. The van der Waals surface area contributed by atoms with Gasteiger partial charge < -0.3 is 30.1 Å². The van der Waals surface area contributed by atoms with Crippen LogP contribution in [0.1, 0.15) is 10.4 Å². The number of nitrogens with one attached hydrogen (secondary N) is 2. The number of halogens is 1. The number of urea groups is 1. The molecule has 3 aromatic carbocycles. The number of rotatable bonds is 6. The molecule has 2 aromatic heterocycles. The lowest BCUT2D eigenvalue weighted by Crippen LogP contribution is -2.47. The Hall–Kier alpha value is -5.46. The minimum Gasteiger partial charge on any atom is -0.378 e. The van der Waals surface area contributed by atoms with Gasteiger partial charge in [-0.05, 0) is 84.9 Å². The monoisotopic (exact) mass is 646 g/mol. The van der Waals surface area contributed by atoms with E-state index in [-0.39, 0.29) is 11.6 Å². The fraction of sp³-hybridized carbons (Fsp3) is 0.250. The van der Waals surface area contributed by atoms with Gasteiger partial charge >= 0.3 is 6.03 Å². The molecule has 2 aliphatic heterocycles. The first-order chi connectivity index (χ1) is 23.4. The van der Waals surface area contributed by atoms with Crippen LogP contribution in [-0.4, -0.2) is 96.2 Å². The molecule has 2 N–H and O–H groups in total. The van der Waals surface area contributed by atoms with Crippen LogP contribution in [-0.2, 0) is 4.74 Å². The summed E-state index contributed by atoms with van der Waals surface area (Å²) in [5.41, 5.74) is 4.23. The summed E-state index contributed by atoms with van der Waals surface area (Å²) in [6.07, 6.45) is 3.49. The summed E-state index contributed by atoms with van der Waals surface area (Å²) >= 11 is 0. The highest BCUT2D eigenvalue weighted by molar-refractivity contribution is 6.01. The molecule has 0 unspecified atom stereocenters. The van der Waals surface area contributed by atoms with Crippen molar-refractivity contribution in [3.63, 3.8) is 0 Å². The second kappa shape index (κ2) is 13.7. The minimum absolute atomic E-state index is 0.00674. The first kappa shape index (κ1) is 31.2. The molecule has 244 valence electrons. The molecule has 0 radical (unpaired) electrons. The smallest absolute Gasteiger partial charge is 0.323 e. The van der Waals surface area contributed by atoms with Gasteiger partial charge in [0.15, 0.2) is 5.82 Å². The molecule has 0 atom stereocenters. The Kier molecular flexibility index (Phi) is 8.91. The number of anilines is 3. The van der Waals surface area contributed by atoms with E-state index >= 15 is 4.39 Å². The standard InChI is InChI=1S/C36H35FN8O3/c1-43-14-16-45(17-15-43)35(46)25-2-6-28(7-3-25)39-36(47)41-31-9-5-27(22-30(31)37)33-40-32-23-26(24-10-12-38-13-11-24)4-8-29(32)34(42-33)44-18-20-48-21-19-44/h2-13,22-23H,14-21H2,1H3,(H2,39,41,47). The third-order valence-corrected chi connectivity index (χ3v) is 8.66. The van der Waals surface area contributed by atoms with Crippen LogP contribution in [0, 0.1) is 5.82 Å². The predicted octanol–water partition coefficient (Wildman–Crippen LogP) is 5.37. The zero-order valence-corrected chi connectivity index (χ0v) is 26.5. The number of ether oxygens (including phenoxy) is 1. The lowest BCUT2D eigenvalue weighted by atomic mass is 10.0. The number of nitrogens with zero attached hydrogens (tertiary/aromatic N) is 6. The van der Waals surface area contributed by atoms with Crippen molar-refractivity contribution in [3.8, 4) is 22.5 Å². The van der Waals surface area contributed by atoms with Gasteiger partial charge in [-0.25, -0.2) is 19.2 Å². The number of carbonyl (C=O) groups excluding carboxylic acids is 2. The van der Waals surface area contributed by atoms with Crippen LogP contribution in [0.15, 0.2) is 85.2 Å². The van der Waals surface area contributed by atoms with Crippen molar-refractivity contribution >= 4 is 40.0 Å². The number of piperazine rings is 1. The molecule has 2 fully saturated rings. The largest absolute Gasteiger partial charge is 0.378 e. The van der Waals surface area contributed by atoms with E-state index in [0.717, 1.165) is 40.9 Å². The Labute approximate surface area is 277 Å². The van der Waals surface area contributed by atoms with E-state index in [1.807, 2.05) is 42.3 Å². The summed E-state index contributed by atoms with van der Waals surface area (Å²) in [6, 6.07) is 20.5. The number of benzene rings is 3. The van der Waals surface area contributed by atoms with E-state index in [9.17, 15) is 9.59 Å². The second-order valence-electron chi connectivity index (χ2n) is 11.9. The second-order valence-corrected chi connectivity index (χ2v) is 11.9. The van der Waals surface area contributed by atoms with Crippen molar-refractivity contribution in [1.29, 1.82) is 0 Å². The van der Waals surface area contributed by atoms with Crippen LogP contribution in [0.3, 0.4) is 0 Å². The molecule has 2 saturated heterocycles. The lowest BCUT2D eigenvalue weighted by molar-refractivity contribution is 0.0664. The third kappa shape index (κ3) is 6.80. The third-order valence-electron chi connectivity index (χ3n) is 8.66. The molecule has 12 heteroatoms. The van der Waals surface area contributed by atoms with E-state index < -0.39 is 11.8 Å². The number of hydrogen-bond donors (Lipinski definition) is 2. The maximum Gasteiger partial charge on any atom is 0.323 e. The van der Waals surface area contributed by atoms with Crippen LogP contribution in [0.2, 0.25) is 0 Å². The first-order valence-corrected chi connectivity index (χ1v) is 15.9. The number of pyridine rings is 1. The van der Waals surface area contributed by atoms with Crippen molar-refractivity contribution in [2.45, 2.75) is 0 Å². The van der Waals surface area contributed by atoms with E-state index in [0.29, 0.717) is 62.0 Å². The van der Waals surface area contributed by atoms with Crippen molar-refractivity contribution < 1.29 is 18.7 Å². The highest BCUT2D eigenvalue weighted by Gasteiger charge is 2.21. The maximum atomic E-state index is 15.5. The normalized spacial score (nSPS) is 15.4. The zero-order valence-electron chi connectivity index (χ0n) is 26.5. The van der Waals surface area contributed by atoms with Crippen molar-refractivity contribution in [2.24, 2.45) is 0 Å². The van der Waals surface area contributed by atoms with Crippen molar-refractivity contribution in [1.82, 2.24) is 24.8 Å². The van der Waals surface area contributed by atoms with Gasteiger partial charge in [0, 0.05) is 73.9 Å². The fourth-order valence-corrected chi connectivity index (χ4v) is 5.91. The Morgan fingerprint density at radius 3 is 2.23 bits per heavy atom. The number of hydrogen-bond acceptors (Lipinski definition) is 8. The number of likely N-dealkylation sites (N-methyl/N-ethyl adjacent to an activating group) is 1. The Morgan fingerprint density at radius 1 is 0.771 bits per heavy atom. The topological polar surface area (TPSA) is 116 Å². The molecular formula is C36H35FN8O3. The van der Waals surface area contributed by atoms with Crippen molar-refractivity contribution in [3.05, 3.63) is 96.6 Å². The summed E-state index contributed by atoms with van der Waals surface area (Å²) < 4.78 is 21.0. The van der Waals surface area contributed by atoms with Crippen LogP contribution in [0.5, 0.6) is 0 Å². The quantitative estimate of drug-likeness (QED) is 0.253. The number of fused-ring (bicyclic) bond motifs is 1. The van der Waals surface area contributed by atoms with Crippen LogP contribution in [0.4, 0.5) is 26.4 Å². The number of aromatic nitrogens is 3. The molecule has 0 aliphatic carbocycles. The minimum atomic E-state index is -0.627. The molecule has 0 saturated carbocycles. The summed E-state index contributed by atoms with van der Waals surface area (Å²) in [5, 5.41) is 6.18. The van der Waals surface area contributed by atoms with Gasteiger partial charge in [0.05, 0.1) is 24.4 Å². The molecule has 48 heavy (non-hydrogen) atoms. The van der Waals surface area contributed by atoms with E-state index in [4.69, 9.17) is 14.7 Å². The Bertz CT molecular complexity index is 1940. The van der Waals surface area contributed by atoms with E-state index in [1.54, 1.807) is 42.7 Å². The maximum absolute atomic E-state index is 15.5. The molecule has 3 amide bonds. The molecule has 4 heterocycles. The molecule has 11 nitrogen and oxygen atoms in total. The molecule has 0 spiro atoms. The molecule has 5 aromatic rings. The summed E-state index contributed by atoms with van der Waals surface area (Å²) in [4.78, 5) is 45.7. The number of carbonyl (C=O) groups is 2. The van der Waals surface area contributed by atoms with E-state index in [2.05, 4.69) is 25.4 Å². The van der Waals surface area contributed by atoms with Crippen LogP contribution < -0.4 is 15.5 Å². The lowest BCUT2D eigenvalue weighted by Gasteiger charge is -2.32. The SMILES string of the molecule is CN1CCN(C(=O)c2ccc(NC(=O)Nc3ccc(-c4nc(N5CCOCC5)c5ccc(-c6ccncc6)cc5n4)cc3F)cc2)CC1. The van der Waals surface area contributed by atoms with Crippen LogP contribution in [0.25, 0.3) is 33.4 Å². The van der Waals surface area contributed by atoms with Gasteiger partial charge in [-0.1, -0.05) is 6.07 Å². The van der Waals surface area contributed by atoms with Gasteiger partial charge in [0.1, 0.15) is 11.6 Å². The summed E-state index contributed by atoms with van der Waals surface area (Å²) in [6.45, 7) is 5.56. The molecule has 2 aliphatic rings. The van der Waals surface area contributed by atoms with Gasteiger partial charge in [-0.3, -0.25) is 9.78 Å². The van der Waals surface area contributed by atoms with Gasteiger partial charge in [0.25, 0.3) is 5.91 Å². The van der Waals surface area contributed by atoms with Crippen molar-refractivity contribution in [2.75, 3.05) is 75.1 Å². The highest BCUT2D eigenvalue weighted by atomic mass is 19.1. The zero-order chi connectivity index (χ0) is 33.0. The number of morpholine rings is 1. The molecule has 0 bridgehead atoms. The predicted molar refractivity (Wildman–Crippen MR) is 184 cm³/mol. The fourth-order valence-electron chi connectivity index (χ4n) is 5.91. The molecular weight excluding hydrogens is 611 g/mol. The van der Waals surface area contributed by atoms with E-state index in [1.165, 1.54) is 12.1 Å². The van der Waals surface area contributed by atoms with Gasteiger partial charge in [0.2, 0.25) is 0 Å². The Morgan fingerprint density at radius 2 is 1.50 bits per heavy atom.